The van der Waals surface area contributed by atoms with Crippen molar-refractivity contribution < 1.29 is 8.42 Å². The van der Waals surface area contributed by atoms with E-state index < -0.39 is 10.0 Å². The fourth-order valence-electron chi connectivity index (χ4n) is 2.68. The van der Waals surface area contributed by atoms with Crippen molar-refractivity contribution in [2.24, 2.45) is 7.05 Å². The van der Waals surface area contributed by atoms with Gasteiger partial charge in [-0.25, -0.2) is 8.42 Å². The molecule has 0 saturated heterocycles. The average Bonchev–Trinajstić information content (AvgIpc) is 3.06. The SMILES string of the molecule is Cc1nn(C)c(C)c1S(=O)(=O)Nc1cnn(Cc2ccc(Cl)cc2Cl)c1. The van der Waals surface area contributed by atoms with Crippen molar-refractivity contribution in [3.63, 3.8) is 0 Å². The average molecular weight is 414 g/mol. The molecule has 1 aromatic carbocycles. The molecule has 2 aromatic heterocycles. The zero-order valence-corrected chi connectivity index (χ0v) is 16.7. The second-order valence-electron chi connectivity index (χ2n) is 5.89. The first-order chi connectivity index (χ1) is 12.2. The summed E-state index contributed by atoms with van der Waals surface area (Å²) in [5.41, 5.74) is 2.19. The first kappa shape index (κ1) is 18.8. The van der Waals surface area contributed by atoms with E-state index in [9.17, 15) is 8.42 Å². The molecule has 0 atom stereocenters. The smallest absolute Gasteiger partial charge is 0.265 e. The van der Waals surface area contributed by atoms with Gasteiger partial charge in [-0.3, -0.25) is 14.1 Å². The largest absolute Gasteiger partial charge is 0.276 e. The van der Waals surface area contributed by atoms with Crippen molar-refractivity contribution in [1.29, 1.82) is 0 Å². The molecule has 0 bridgehead atoms. The summed E-state index contributed by atoms with van der Waals surface area (Å²) < 4.78 is 31.0. The number of aromatic nitrogens is 4. The van der Waals surface area contributed by atoms with Gasteiger partial charge in [0.05, 0.1) is 29.8 Å². The van der Waals surface area contributed by atoms with E-state index in [0.717, 1.165) is 5.56 Å². The third kappa shape index (κ3) is 3.72. The minimum atomic E-state index is -3.76. The van der Waals surface area contributed by atoms with Crippen LogP contribution in [-0.4, -0.2) is 28.0 Å². The molecular weight excluding hydrogens is 397 g/mol. The third-order valence-corrected chi connectivity index (χ3v) is 6.16. The standard InChI is InChI=1S/C16H17Cl2N5O2S/c1-10-16(11(2)22(3)20-10)26(24,25)21-14-7-19-23(9-14)8-12-4-5-13(17)6-15(12)18/h4-7,9,21H,8H2,1-3H3. The van der Waals surface area contributed by atoms with Crippen molar-refractivity contribution in [2.45, 2.75) is 25.3 Å². The molecular formula is C16H17Cl2N5O2S. The van der Waals surface area contributed by atoms with Crippen LogP contribution in [0, 0.1) is 13.8 Å². The van der Waals surface area contributed by atoms with Crippen LogP contribution in [0.25, 0.3) is 0 Å². The Morgan fingerprint density at radius 2 is 1.96 bits per heavy atom. The maximum absolute atomic E-state index is 12.7. The van der Waals surface area contributed by atoms with Crippen LogP contribution in [0.15, 0.2) is 35.5 Å². The number of halogens is 2. The molecule has 3 aromatic rings. The first-order valence-corrected chi connectivity index (χ1v) is 9.90. The summed E-state index contributed by atoms with van der Waals surface area (Å²) in [5.74, 6) is 0. The van der Waals surface area contributed by atoms with Gasteiger partial charge in [0, 0.05) is 23.3 Å². The summed E-state index contributed by atoms with van der Waals surface area (Å²) in [4.78, 5) is 0.175. The Bertz CT molecular complexity index is 1070. The van der Waals surface area contributed by atoms with Gasteiger partial charge < -0.3 is 0 Å². The quantitative estimate of drug-likeness (QED) is 0.694. The molecule has 0 aliphatic rings. The number of hydrogen-bond acceptors (Lipinski definition) is 4. The van der Waals surface area contributed by atoms with E-state index >= 15 is 0 Å². The number of nitrogens with one attached hydrogen (secondary N) is 1. The van der Waals surface area contributed by atoms with Gasteiger partial charge in [0.25, 0.3) is 10.0 Å². The zero-order valence-electron chi connectivity index (χ0n) is 14.4. The van der Waals surface area contributed by atoms with E-state index in [1.165, 1.54) is 10.9 Å². The monoisotopic (exact) mass is 413 g/mol. The Kier molecular flexibility index (Phi) is 5.01. The molecule has 7 nitrogen and oxygen atoms in total. The van der Waals surface area contributed by atoms with Crippen LogP contribution in [0.2, 0.25) is 10.0 Å². The highest BCUT2D eigenvalue weighted by Crippen LogP contribution is 2.24. The highest BCUT2D eigenvalue weighted by atomic mass is 35.5. The number of hydrogen-bond donors (Lipinski definition) is 1. The number of rotatable bonds is 5. The van der Waals surface area contributed by atoms with Crippen molar-refractivity contribution in [1.82, 2.24) is 19.6 Å². The lowest BCUT2D eigenvalue weighted by molar-refractivity contribution is 0.599. The fourth-order valence-corrected chi connectivity index (χ4v) is 4.61. The summed E-state index contributed by atoms with van der Waals surface area (Å²) in [7, 11) is -2.05. The Morgan fingerprint density at radius 3 is 2.58 bits per heavy atom. The Hall–Kier alpha value is -2.03. The molecule has 2 heterocycles. The van der Waals surface area contributed by atoms with Crippen molar-refractivity contribution in [2.75, 3.05) is 4.72 Å². The van der Waals surface area contributed by atoms with Gasteiger partial charge in [0.15, 0.2) is 0 Å². The number of benzene rings is 1. The maximum atomic E-state index is 12.7. The summed E-state index contributed by atoms with van der Waals surface area (Å²) >= 11 is 12.1. The first-order valence-electron chi connectivity index (χ1n) is 7.67. The fraction of sp³-hybridized carbons (Fsp3) is 0.250. The Balaban J connectivity index is 1.82. The van der Waals surface area contributed by atoms with Gasteiger partial charge >= 0.3 is 0 Å². The van der Waals surface area contributed by atoms with Crippen molar-refractivity contribution in [3.8, 4) is 0 Å². The van der Waals surface area contributed by atoms with Crippen molar-refractivity contribution >= 4 is 38.9 Å². The summed E-state index contributed by atoms with van der Waals surface area (Å²) in [5, 5.41) is 9.40. The number of anilines is 1. The lowest BCUT2D eigenvalue weighted by Gasteiger charge is -2.07. The molecule has 1 N–H and O–H groups in total. The minimum Gasteiger partial charge on any atom is -0.276 e. The number of nitrogens with zero attached hydrogens (tertiary/aromatic N) is 4. The molecule has 3 rings (SSSR count). The molecule has 0 amide bonds. The molecule has 0 radical (unpaired) electrons. The lowest BCUT2D eigenvalue weighted by atomic mass is 10.2. The molecule has 0 aliphatic carbocycles. The molecule has 138 valence electrons. The van der Waals surface area contributed by atoms with Crippen molar-refractivity contribution in [3.05, 3.63) is 57.6 Å². The minimum absolute atomic E-state index is 0.175. The topological polar surface area (TPSA) is 81.8 Å². The number of aryl methyl sites for hydroxylation is 2. The predicted octanol–water partition coefficient (Wildman–Crippen LogP) is 3.39. The van der Waals surface area contributed by atoms with Crippen LogP contribution >= 0.6 is 23.2 Å². The molecule has 0 aliphatic heterocycles. The molecule has 26 heavy (non-hydrogen) atoms. The Labute approximate surface area is 161 Å². The summed E-state index contributed by atoms with van der Waals surface area (Å²) in [6.07, 6.45) is 3.05. The van der Waals surface area contributed by atoms with Crippen LogP contribution in [-0.2, 0) is 23.6 Å². The molecule has 10 heteroatoms. The van der Waals surface area contributed by atoms with Gasteiger partial charge in [0.1, 0.15) is 4.90 Å². The Morgan fingerprint density at radius 1 is 1.23 bits per heavy atom. The maximum Gasteiger partial charge on any atom is 0.265 e. The van der Waals surface area contributed by atoms with Crippen LogP contribution < -0.4 is 4.72 Å². The highest BCUT2D eigenvalue weighted by molar-refractivity contribution is 7.92. The second-order valence-corrected chi connectivity index (χ2v) is 8.35. The van der Waals surface area contributed by atoms with E-state index in [-0.39, 0.29) is 4.90 Å². The summed E-state index contributed by atoms with van der Waals surface area (Å²) in [6.45, 7) is 3.76. The van der Waals surface area contributed by atoms with E-state index in [0.29, 0.717) is 33.7 Å². The summed E-state index contributed by atoms with van der Waals surface area (Å²) in [6, 6.07) is 5.20. The van der Waals surface area contributed by atoms with Gasteiger partial charge in [-0.15, -0.1) is 0 Å². The van der Waals surface area contributed by atoms with Gasteiger partial charge in [-0.2, -0.15) is 10.2 Å². The third-order valence-electron chi connectivity index (χ3n) is 3.94. The van der Waals surface area contributed by atoms with Crippen LogP contribution in [0.3, 0.4) is 0 Å². The molecule has 0 saturated carbocycles. The number of sulfonamides is 1. The van der Waals surface area contributed by atoms with E-state index in [1.54, 1.807) is 50.0 Å². The van der Waals surface area contributed by atoms with Gasteiger partial charge in [-0.1, -0.05) is 29.3 Å². The molecule has 0 unspecified atom stereocenters. The van der Waals surface area contributed by atoms with Gasteiger partial charge in [0.2, 0.25) is 0 Å². The molecule has 0 spiro atoms. The normalized spacial score (nSPS) is 11.7. The van der Waals surface area contributed by atoms with Crippen LogP contribution in [0.1, 0.15) is 17.0 Å². The second kappa shape index (κ2) is 6.94. The van der Waals surface area contributed by atoms with Crippen LogP contribution in [0.4, 0.5) is 5.69 Å². The van der Waals surface area contributed by atoms with Crippen LogP contribution in [0.5, 0.6) is 0 Å². The van der Waals surface area contributed by atoms with Gasteiger partial charge in [-0.05, 0) is 31.5 Å². The van der Waals surface area contributed by atoms with E-state index in [2.05, 4.69) is 14.9 Å². The predicted molar refractivity (Wildman–Crippen MR) is 101 cm³/mol. The van der Waals surface area contributed by atoms with E-state index in [4.69, 9.17) is 23.2 Å². The highest BCUT2D eigenvalue weighted by Gasteiger charge is 2.24. The lowest BCUT2D eigenvalue weighted by Crippen LogP contribution is -2.14. The molecule has 0 fully saturated rings. The van der Waals surface area contributed by atoms with E-state index in [1.807, 2.05) is 0 Å². The zero-order chi connectivity index (χ0) is 19.1.